The number of carboxylic acid groups (broad SMARTS) is 1. The number of fused-ring (bicyclic) bond motifs is 1. The molecule has 264 valence electrons. The Kier molecular flexibility index (Phi) is 11.7. The lowest BCUT2D eigenvalue weighted by atomic mass is 9.96. The number of carbonyl (C=O) groups excluding carboxylic acids is 1. The van der Waals surface area contributed by atoms with E-state index in [1.165, 1.54) is 38.0 Å². The number of likely N-dealkylation sites (tertiary alicyclic amines) is 1. The number of carboxylic acids is 1. The number of piperidine rings is 1. The minimum atomic E-state index is -5.08. The molecule has 2 N–H and O–H groups in total. The lowest BCUT2D eigenvalue weighted by molar-refractivity contribution is -0.192. The van der Waals surface area contributed by atoms with Crippen LogP contribution < -0.4 is 10.4 Å². The van der Waals surface area contributed by atoms with Gasteiger partial charge in [0.15, 0.2) is 17.0 Å². The molecule has 0 radical (unpaired) electrons. The zero-order valence-electron chi connectivity index (χ0n) is 27.9. The second-order valence-corrected chi connectivity index (χ2v) is 13.1. The van der Waals surface area contributed by atoms with Crippen LogP contribution in [0.25, 0.3) is 11.2 Å². The molecule has 13 nitrogen and oxygen atoms in total. The first-order chi connectivity index (χ1) is 23.4. The maximum atomic E-state index is 13.5. The predicted molar refractivity (Wildman–Crippen MR) is 175 cm³/mol. The van der Waals surface area contributed by atoms with Crippen molar-refractivity contribution in [3.8, 4) is 6.07 Å². The van der Waals surface area contributed by atoms with Crippen molar-refractivity contribution in [2.24, 2.45) is 13.0 Å². The fraction of sp³-hybridized carbons (Fsp3) is 0.576. The Hall–Kier alpha value is -4.33. The highest BCUT2D eigenvalue weighted by atomic mass is 19.4. The number of carbonyl (C=O) groups is 2. The van der Waals surface area contributed by atoms with Crippen LogP contribution >= 0.6 is 0 Å². The normalized spacial score (nSPS) is 18.5. The minimum Gasteiger partial charge on any atom is -0.475 e. The highest BCUT2D eigenvalue weighted by Gasteiger charge is 2.38. The quantitative estimate of drug-likeness (QED) is 0.337. The zero-order valence-corrected chi connectivity index (χ0v) is 27.9. The molecular formula is C33H43F3N10O3. The van der Waals surface area contributed by atoms with Crippen molar-refractivity contribution in [2.45, 2.75) is 57.3 Å². The lowest BCUT2D eigenvalue weighted by Gasteiger charge is -2.38. The number of aromatic nitrogens is 4. The molecule has 49 heavy (non-hydrogen) atoms. The number of piperazine rings is 1. The maximum Gasteiger partial charge on any atom is 0.490 e. The van der Waals surface area contributed by atoms with Gasteiger partial charge in [-0.25, -0.2) is 9.78 Å². The highest BCUT2D eigenvalue weighted by molar-refractivity contribution is 5.96. The van der Waals surface area contributed by atoms with Crippen LogP contribution in [0.5, 0.6) is 0 Å². The molecule has 2 aliphatic heterocycles. The van der Waals surface area contributed by atoms with Gasteiger partial charge in [-0.1, -0.05) is 25.0 Å². The maximum absolute atomic E-state index is 13.5. The van der Waals surface area contributed by atoms with E-state index in [1.807, 2.05) is 24.2 Å². The van der Waals surface area contributed by atoms with E-state index in [9.17, 15) is 23.2 Å². The van der Waals surface area contributed by atoms with Crippen LogP contribution in [0.1, 0.15) is 60.3 Å². The second-order valence-electron chi connectivity index (χ2n) is 13.1. The van der Waals surface area contributed by atoms with Gasteiger partial charge in [0.1, 0.15) is 6.07 Å². The molecule has 0 spiro atoms. The molecule has 0 bridgehead atoms. The average Bonchev–Trinajstić information content (AvgIpc) is 3.76. The minimum absolute atomic E-state index is 0.0605. The Morgan fingerprint density at radius 3 is 2.18 bits per heavy atom. The van der Waals surface area contributed by atoms with E-state index < -0.39 is 12.1 Å². The number of amides is 1. The number of aryl methyl sites for hydroxylation is 1. The fourth-order valence-corrected chi connectivity index (χ4v) is 6.62. The predicted octanol–water partition coefficient (Wildman–Crippen LogP) is 3.42. The molecule has 4 heterocycles. The molecule has 1 aliphatic carbocycles. The summed E-state index contributed by atoms with van der Waals surface area (Å²) in [6.45, 7) is 9.01. The SMILES string of the molecule is CN1CCC(CN2CCN(Cc3ccc(C(=O)NN(c4nc(C#N)nc5c4ncn5C)C4CCCC4)cc3)CC2)CC1.O=C(O)C(F)(F)F. The van der Waals surface area contributed by atoms with Crippen molar-refractivity contribution in [2.75, 3.05) is 57.9 Å². The van der Waals surface area contributed by atoms with Crippen LogP contribution in [-0.4, -0.2) is 116 Å². The number of nitrogens with one attached hydrogen (secondary N) is 1. The Morgan fingerprint density at radius 2 is 1.59 bits per heavy atom. The van der Waals surface area contributed by atoms with E-state index in [2.05, 4.69) is 60.3 Å². The summed E-state index contributed by atoms with van der Waals surface area (Å²) in [6.07, 6.45) is 3.26. The smallest absolute Gasteiger partial charge is 0.475 e. The van der Waals surface area contributed by atoms with E-state index in [0.29, 0.717) is 22.5 Å². The Bertz CT molecular complexity index is 1620. The first kappa shape index (κ1) is 36.0. The van der Waals surface area contributed by atoms with Crippen molar-refractivity contribution in [1.29, 1.82) is 5.26 Å². The summed E-state index contributed by atoms with van der Waals surface area (Å²) in [5.41, 5.74) is 6.07. The Balaban J connectivity index is 0.000000606. The molecule has 2 aromatic heterocycles. The van der Waals surface area contributed by atoms with Gasteiger partial charge in [-0.15, -0.1) is 0 Å². The molecule has 3 aromatic rings. The van der Waals surface area contributed by atoms with Crippen LogP contribution in [0.2, 0.25) is 0 Å². The summed E-state index contributed by atoms with van der Waals surface area (Å²) in [7, 11) is 4.06. The summed E-state index contributed by atoms with van der Waals surface area (Å²) in [5, 5.41) is 18.5. The third kappa shape index (κ3) is 9.43. The number of anilines is 1. The lowest BCUT2D eigenvalue weighted by Crippen LogP contribution is -2.48. The third-order valence-corrected chi connectivity index (χ3v) is 9.47. The summed E-state index contributed by atoms with van der Waals surface area (Å²) < 4.78 is 33.5. The van der Waals surface area contributed by atoms with Gasteiger partial charge in [0.05, 0.1) is 12.4 Å². The Labute approximate surface area is 283 Å². The number of hydrazine groups is 1. The van der Waals surface area contributed by atoms with E-state index in [1.54, 1.807) is 10.9 Å². The number of aliphatic carboxylic acids is 1. The molecule has 0 atom stereocenters. The highest BCUT2D eigenvalue weighted by Crippen LogP contribution is 2.30. The van der Waals surface area contributed by atoms with Crippen LogP contribution in [-0.2, 0) is 18.4 Å². The molecule has 6 rings (SSSR count). The zero-order chi connectivity index (χ0) is 35.1. The van der Waals surface area contributed by atoms with Crippen molar-refractivity contribution in [3.63, 3.8) is 0 Å². The first-order valence-electron chi connectivity index (χ1n) is 16.6. The van der Waals surface area contributed by atoms with Gasteiger partial charge in [-0.05, 0) is 69.4 Å². The number of benzene rings is 1. The molecule has 1 amide bonds. The molecule has 3 fully saturated rings. The van der Waals surface area contributed by atoms with Gasteiger partial charge in [0.2, 0.25) is 5.82 Å². The van der Waals surface area contributed by atoms with Crippen LogP contribution in [0.3, 0.4) is 0 Å². The summed E-state index contributed by atoms with van der Waals surface area (Å²) in [4.78, 5) is 43.3. The number of hydrogen-bond donors (Lipinski definition) is 2. The molecule has 3 aliphatic rings. The van der Waals surface area contributed by atoms with E-state index >= 15 is 0 Å². The largest absolute Gasteiger partial charge is 0.490 e. The number of rotatable bonds is 8. The van der Waals surface area contributed by atoms with E-state index in [0.717, 1.165) is 64.3 Å². The van der Waals surface area contributed by atoms with Gasteiger partial charge in [-0.2, -0.15) is 28.4 Å². The van der Waals surface area contributed by atoms with Gasteiger partial charge in [0, 0.05) is 51.9 Å². The third-order valence-electron chi connectivity index (χ3n) is 9.47. The fourth-order valence-electron chi connectivity index (χ4n) is 6.62. The molecule has 2 saturated heterocycles. The van der Waals surface area contributed by atoms with Crippen LogP contribution in [0, 0.1) is 17.2 Å². The van der Waals surface area contributed by atoms with Crippen molar-refractivity contribution in [1.82, 2.24) is 39.6 Å². The van der Waals surface area contributed by atoms with E-state index in [-0.39, 0.29) is 17.8 Å². The summed E-state index contributed by atoms with van der Waals surface area (Å²) >= 11 is 0. The molecule has 0 unspecified atom stereocenters. The van der Waals surface area contributed by atoms with Crippen molar-refractivity contribution < 1.29 is 27.9 Å². The van der Waals surface area contributed by atoms with Crippen molar-refractivity contribution in [3.05, 3.63) is 47.5 Å². The number of alkyl halides is 3. The molecule has 1 aromatic carbocycles. The average molecular weight is 685 g/mol. The summed E-state index contributed by atoms with van der Waals surface area (Å²) in [5.74, 6) is -1.58. The van der Waals surface area contributed by atoms with Gasteiger partial charge in [-0.3, -0.25) is 20.1 Å². The number of imidazole rings is 1. The van der Waals surface area contributed by atoms with E-state index in [4.69, 9.17) is 9.90 Å². The monoisotopic (exact) mass is 684 g/mol. The first-order valence-corrected chi connectivity index (χ1v) is 16.6. The van der Waals surface area contributed by atoms with Crippen molar-refractivity contribution >= 4 is 28.9 Å². The standard InChI is InChI=1S/C31H42N10O.C2HF3O2/c1-37-13-11-24(12-14-37)21-40-17-15-39(16-18-40)20-23-7-9-25(10-8-23)31(42)36-41(26-5-3-4-6-26)30-28-29(38(2)22-33-28)34-27(19-32)35-30;3-2(4,5)1(6)7/h7-10,22,24,26H,3-6,11-18,20-21H2,1-2H3,(H,36,42);(H,6,7). The van der Waals surface area contributed by atoms with Gasteiger partial charge >= 0.3 is 12.1 Å². The number of nitrogens with zero attached hydrogens (tertiary/aromatic N) is 9. The Morgan fingerprint density at radius 1 is 0.980 bits per heavy atom. The number of nitriles is 1. The number of halogens is 3. The molecule has 16 heteroatoms. The van der Waals surface area contributed by atoms with Crippen LogP contribution in [0.4, 0.5) is 19.0 Å². The second kappa shape index (κ2) is 15.9. The van der Waals surface area contributed by atoms with Crippen LogP contribution in [0.15, 0.2) is 30.6 Å². The topological polar surface area (TPSA) is 147 Å². The van der Waals surface area contributed by atoms with Gasteiger partial charge < -0.3 is 19.5 Å². The summed E-state index contributed by atoms with van der Waals surface area (Å²) in [6, 6.07) is 10.1. The van der Waals surface area contributed by atoms with Gasteiger partial charge in [0.25, 0.3) is 5.91 Å². The number of hydrogen-bond acceptors (Lipinski definition) is 10. The molecular weight excluding hydrogens is 641 g/mol. The molecule has 1 saturated carbocycles.